The van der Waals surface area contributed by atoms with Gasteiger partial charge in [-0.15, -0.1) is 0 Å². The standard InChI is InChI=1S/C21H40N2O/c1-17(2)19(5)15-22(6)20-11-10-14-23(16-20)13-9-7-8-12-21(24)18(3)4/h15,17-18,20H,7-14,16H2,1-6H3/b19-15+. The number of carbonyl (C=O) groups is 1. The summed E-state index contributed by atoms with van der Waals surface area (Å²) in [7, 11) is 2.23. The highest BCUT2D eigenvalue weighted by Gasteiger charge is 2.21. The predicted octanol–water partition coefficient (Wildman–Crippen LogP) is 4.73. The summed E-state index contributed by atoms with van der Waals surface area (Å²) in [6.07, 6.45) is 9.18. The van der Waals surface area contributed by atoms with Crippen molar-refractivity contribution < 1.29 is 4.79 Å². The molecule has 1 saturated heterocycles. The molecule has 0 spiro atoms. The zero-order chi connectivity index (χ0) is 18.1. The van der Waals surface area contributed by atoms with E-state index in [2.05, 4.69) is 43.8 Å². The van der Waals surface area contributed by atoms with Gasteiger partial charge in [-0.25, -0.2) is 0 Å². The Kier molecular flexibility index (Phi) is 9.65. The summed E-state index contributed by atoms with van der Waals surface area (Å²) in [4.78, 5) is 16.7. The lowest BCUT2D eigenvalue weighted by Gasteiger charge is -2.37. The molecule has 1 heterocycles. The normalized spacial score (nSPS) is 20.0. The maximum atomic E-state index is 11.6. The first-order valence-corrected chi connectivity index (χ1v) is 9.96. The molecule has 140 valence electrons. The first-order chi connectivity index (χ1) is 11.3. The fourth-order valence-electron chi connectivity index (χ4n) is 3.24. The summed E-state index contributed by atoms with van der Waals surface area (Å²) in [5, 5.41) is 0. The van der Waals surface area contributed by atoms with E-state index in [0.717, 1.165) is 12.8 Å². The van der Waals surface area contributed by atoms with E-state index in [1.165, 1.54) is 50.9 Å². The molecule has 1 fully saturated rings. The quantitative estimate of drug-likeness (QED) is 0.539. The van der Waals surface area contributed by atoms with Crippen molar-refractivity contribution in [1.29, 1.82) is 0 Å². The van der Waals surface area contributed by atoms with Gasteiger partial charge in [-0.05, 0) is 57.8 Å². The monoisotopic (exact) mass is 336 g/mol. The van der Waals surface area contributed by atoms with Gasteiger partial charge in [0.1, 0.15) is 5.78 Å². The minimum absolute atomic E-state index is 0.200. The van der Waals surface area contributed by atoms with E-state index in [1.54, 1.807) is 0 Å². The molecule has 1 rings (SSSR count). The molecule has 0 saturated carbocycles. The van der Waals surface area contributed by atoms with Crippen molar-refractivity contribution in [3.8, 4) is 0 Å². The molecule has 0 aliphatic carbocycles. The summed E-state index contributed by atoms with van der Waals surface area (Å²) in [6, 6.07) is 0.648. The summed E-state index contributed by atoms with van der Waals surface area (Å²) in [6.45, 7) is 14.4. The van der Waals surface area contributed by atoms with Crippen LogP contribution in [0.1, 0.15) is 73.1 Å². The third kappa shape index (κ3) is 7.83. The van der Waals surface area contributed by atoms with E-state index in [0.29, 0.717) is 17.7 Å². The lowest BCUT2D eigenvalue weighted by Crippen LogP contribution is -2.45. The van der Waals surface area contributed by atoms with Gasteiger partial charge in [0.15, 0.2) is 0 Å². The molecule has 0 radical (unpaired) electrons. The molecule has 0 bridgehead atoms. The number of hydrogen-bond acceptors (Lipinski definition) is 3. The highest BCUT2D eigenvalue weighted by Crippen LogP contribution is 2.18. The Labute approximate surface area is 150 Å². The molecular weight excluding hydrogens is 296 g/mol. The SMILES string of the molecule is C/C(=C\N(C)C1CCCN(CCCCCC(=O)C(C)C)C1)C(C)C. The van der Waals surface area contributed by atoms with Gasteiger partial charge in [-0.2, -0.15) is 0 Å². The van der Waals surface area contributed by atoms with Crippen LogP contribution < -0.4 is 0 Å². The first kappa shape index (κ1) is 21.2. The van der Waals surface area contributed by atoms with E-state index in [-0.39, 0.29) is 5.92 Å². The Morgan fingerprint density at radius 3 is 2.50 bits per heavy atom. The van der Waals surface area contributed by atoms with Crippen LogP contribution in [0.3, 0.4) is 0 Å². The zero-order valence-corrected chi connectivity index (χ0v) is 17.0. The van der Waals surface area contributed by atoms with Crippen molar-refractivity contribution in [3.63, 3.8) is 0 Å². The maximum Gasteiger partial charge on any atom is 0.135 e. The molecule has 1 atom stereocenters. The number of likely N-dealkylation sites (N-methyl/N-ethyl adjacent to an activating group) is 1. The summed E-state index contributed by atoms with van der Waals surface area (Å²) in [5.74, 6) is 1.24. The van der Waals surface area contributed by atoms with E-state index in [4.69, 9.17) is 0 Å². The Morgan fingerprint density at radius 2 is 1.88 bits per heavy atom. The Balaban J connectivity index is 2.28. The molecule has 0 aromatic carbocycles. The van der Waals surface area contributed by atoms with Crippen LogP contribution in [0.25, 0.3) is 0 Å². The van der Waals surface area contributed by atoms with Crippen molar-refractivity contribution >= 4 is 5.78 Å². The van der Waals surface area contributed by atoms with Gasteiger partial charge >= 0.3 is 0 Å². The van der Waals surface area contributed by atoms with Crippen LogP contribution in [0.4, 0.5) is 0 Å². The average molecular weight is 337 g/mol. The summed E-state index contributed by atoms with van der Waals surface area (Å²) < 4.78 is 0. The number of hydrogen-bond donors (Lipinski definition) is 0. The minimum Gasteiger partial charge on any atom is -0.376 e. The average Bonchev–Trinajstić information content (AvgIpc) is 2.54. The third-order valence-corrected chi connectivity index (χ3v) is 5.42. The second-order valence-corrected chi connectivity index (χ2v) is 8.22. The number of ketones is 1. The molecule has 24 heavy (non-hydrogen) atoms. The molecular formula is C21H40N2O. The zero-order valence-electron chi connectivity index (χ0n) is 17.0. The second kappa shape index (κ2) is 10.9. The fourth-order valence-corrected chi connectivity index (χ4v) is 3.24. The Morgan fingerprint density at radius 1 is 1.17 bits per heavy atom. The van der Waals surface area contributed by atoms with Crippen molar-refractivity contribution in [2.24, 2.45) is 11.8 Å². The molecule has 0 N–H and O–H groups in total. The van der Waals surface area contributed by atoms with Crippen LogP contribution in [0, 0.1) is 11.8 Å². The molecule has 3 nitrogen and oxygen atoms in total. The number of rotatable bonds is 10. The Bertz CT molecular complexity index is 401. The highest BCUT2D eigenvalue weighted by molar-refractivity contribution is 5.80. The highest BCUT2D eigenvalue weighted by atomic mass is 16.1. The van der Waals surface area contributed by atoms with Crippen molar-refractivity contribution in [1.82, 2.24) is 9.80 Å². The van der Waals surface area contributed by atoms with Crippen molar-refractivity contribution in [2.75, 3.05) is 26.7 Å². The Hall–Kier alpha value is -0.830. The number of Topliss-reactive ketones (excluding diaryl/α,β-unsaturated/α-hetero) is 1. The number of carbonyl (C=O) groups excluding carboxylic acids is 1. The molecule has 0 amide bonds. The van der Waals surface area contributed by atoms with Crippen LogP contribution in [0.5, 0.6) is 0 Å². The van der Waals surface area contributed by atoms with Crippen LogP contribution >= 0.6 is 0 Å². The molecule has 1 unspecified atom stereocenters. The van der Waals surface area contributed by atoms with E-state index in [9.17, 15) is 4.79 Å². The van der Waals surface area contributed by atoms with Crippen LogP contribution in [-0.2, 0) is 4.79 Å². The lowest BCUT2D eigenvalue weighted by molar-refractivity contribution is -0.122. The van der Waals surface area contributed by atoms with Gasteiger partial charge in [0.05, 0.1) is 0 Å². The number of allylic oxidation sites excluding steroid dienone is 1. The molecule has 0 aromatic rings. The van der Waals surface area contributed by atoms with Gasteiger partial charge in [-0.3, -0.25) is 4.79 Å². The van der Waals surface area contributed by atoms with Crippen molar-refractivity contribution in [2.45, 2.75) is 79.2 Å². The number of nitrogens with zero attached hydrogens (tertiary/aromatic N) is 2. The van der Waals surface area contributed by atoms with E-state index < -0.39 is 0 Å². The van der Waals surface area contributed by atoms with Gasteiger partial charge in [0, 0.05) is 32.0 Å². The van der Waals surface area contributed by atoms with Gasteiger partial charge in [-0.1, -0.05) is 39.7 Å². The van der Waals surface area contributed by atoms with Gasteiger partial charge in [0.2, 0.25) is 0 Å². The predicted molar refractivity (Wildman–Crippen MR) is 104 cm³/mol. The molecule has 1 aliphatic heterocycles. The van der Waals surface area contributed by atoms with E-state index >= 15 is 0 Å². The number of piperidine rings is 1. The number of likely N-dealkylation sites (tertiary alicyclic amines) is 1. The fraction of sp³-hybridized carbons (Fsp3) is 0.857. The van der Waals surface area contributed by atoms with Crippen LogP contribution in [-0.4, -0.2) is 48.3 Å². The summed E-state index contributed by atoms with van der Waals surface area (Å²) in [5.41, 5.74) is 1.46. The van der Waals surface area contributed by atoms with Crippen LogP contribution in [0.2, 0.25) is 0 Å². The van der Waals surface area contributed by atoms with Gasteiger partial charge < -0.3 is 9.80 Å². The van der Waals surface area contributed by atoms with Crippen molar-refractivity contribution in [3.05, 3.63) is 11.8 Å². The van der Waals surface area contributed by atoms with Gasteiger partial charge in [0.25, 0.3) is 0 Å². The summed E-state index contributed by atoms with van der Waals surface area (Å²) >= 11 is 0. The third-order valence-electron chi connectivity index (χ3n) is 5.42. The topological polar surface area (TPSA) is 23.6 Å². The largest absolute Gasteiger partial charge is 0.376 e. The number of unbranched alkanes of at least 4 members (excludes halogenated alkanes) is 2. The smallest absolute Gasteiger partial charge is 0.135 e. The maximum absolute atomic E-state index is 11.6. The van der Waals surface area contributed by atoms with Crippen LogP contribution in [0.15, 0.2) is 11.8 Å². The molecule has 3 heteroatoms. The lowest BCUT2D eigenvalue weighted by atomic mass is 10.0. The minimum atomic E-state index is 0.200. The molecule has 0 aromatic heterocycles. The first-order valence-electron chi connectivity index (χ1n) is 9.96. The molecule has 1 aliphatic rings. The second-order valence-electron chi connectivity index (χ2n) is 8.22. The van der Waals surface area contributed by atoms with E-state index in [1.807, 2.05) is 13.8 Å².